The number of benzene rings is 1. The minimum Gasteiger partial charge on any atom is -0.335 e. The molecular weight excluding hydrogens is 306 g/mol. The summed E-state index contributed by atoms with van der Waals surface area (Å²) in [5.41, 5.74) is 3.71. The van der Waals surface area contributed by atoms with Crippen LogP contribution in [-0.4, -0.2) is 35.2 Å². The van der Waals surface area contributed by atoms with Gasteiger partial charge in [0.2, 0.25) is 5.91 Å². The Kier molecular flexibility index (Phi) is 4.50. The van der Waals surface area contributed by atoms with Crippen LogP contribution in [0.15, 0.2) is 30.5 Å². The molecule has 1 aliphatic carbocycles. The quantitative estimate of drug-likeness (QED) is 0.806. The van der Waals surface area contributed by atoms with Crippen molar-refractivity contribution in [1.82, 2.24) is 15.5 Å². The zero-order chi connectivity index (χ0) is 17.1. The van der Waals surface area contributed by atoms with Crippen molar-refractivity contribution in [1.29, 1.82) is 0 Å². The number of rotatable bonds is 3. The maximum absolute atomic E-state index is 12.2. The van der Waals surface area contributed by atoms with Gasteiger partial charge < -0.3 is 15.5 Å². The van der Waals surface area contributed by atoms with Gasteiger partial charge in [0.25, 0.3) is 0 Å². The fourth-order valence-corrected chi connectivity index (χ4v) is 2.87. The zero-order valence-corrected chi connectivity index (χ0v) is 13.8. The van der Waals surface area contributed by atoms with E-state index in [1.807, 2.05) is 18.3 Å². The third-order valence-corrected chi connectivity index (χ3v) is 4.32. The van der Waals surface area contributed by atoms with Gasteiger partial charge in [-0.3, -0.25) is 9.89 Å². The molecule has 1 aromatic carbocycles. The first-order valence-electron chi connectivity index (χ1n) is 7.96. The monoisotopic (exact) mass is 327 g/mol. The average molecular weight is 327 g/mol. The van der Waals surface area contributed by atoms with Crippen LogP contribution in [0, 0.1) is 0 Å². The van der Waals surface area contributed by atoms with E-state index in [2.05, 4.69) is 20.8 Å². The van der Waals surface area contributed by atoms with E-state index in [4.69, 9.17) is 0 Å². The molecule has 1 aromatic heterocycles. The number of amides is 3. The molecule has 1 aliphatic rings. The summed E-state index contributed by atoms with van der Waals surface area (Å²) in [6, 6.07) is 7.06. The lowest BCUT2D eigenvalue weighted by atomic mass is 9.94. The van der Waals surface area contributed by atoms with Crippen molar-refractivity contribution in [2.24, 2.45) is 0 Å². The predicted molar refractivity (Wildman–Crippen MR) is 92.1 cm³/mol. The largest absolute Gasteiger partial charge is 0.335 e. The summed E-state index contributed by atoms with van der Waals surface area (Å²) in [5.74, 6) is -0.0604. The maximum Gasteiger partial charge on any atom is 0.319 e. The van der Waals surface area contributed by atoms with Gasteiger partial charge in [0, 0.05) is 37.1 Å². The minimum absolute atomic E-state index is 0.0604. The van der Waals surface area contributed by atoms with Gasteiger partial charge in [-0.05, 0) is 43.0 Å². The number of aromatic nitrogens is 2. The highest BCUT2D eigenvalue weighted by atomic mass is 16.2. The van der Waals surface area contributed by atoms with Crippen LogP contribution in [0.5, 0.6) is 0 Å². The van der Waals surface area contributed by atoms with E-state index in [9.17, 15) is 9.59 Å². The number of urea groups is 1. The molecule has 0 aliphatic heterocycles. The number of hydrogen-bond donors (Lipinski definition) is 3. The van der Waals surface area contributed by atoms with Gasteiger partial charge in [-0.25, -0.2) is 4.79 Å². The van der Waals surface area contributed by atoms with E-state index in [0.717, 1.165) is 36.2 Å². The summed E-state index contributed by atoms with van der Waals surface area (Å²) in [6.45, 7) is 1.50. The zero-order valence-electron chi connectivity index (χ0n) is 13.8. The molecule has 126 valence electrons. The van der Waals surface area contributed by atoms with Gasteiger partial charge in [-0.2, -0.15) is 5.10 Å². The van der Waals surface area contributed by atoms with Crippen LogP contribution < -0.4 is 15.5 Å². The fourth-order valence-electron chi connectivity index (χ4n) is 2.87. The highest BCUT2D eigenvalue weighted by molar-refractivity contribution is 5.93. The van der Waals surface area contributed by atoms with E-state index in [-0.39, 0.29) is 18.0 Å². The number of carbonyl (C=O) groups excluding carboxylic acids is 2. The Morgan fingerprint density at radius 2 is 2.21 bits per heavy atom. The third-order valence-electron chi connectivity index (χ3n) is 4.32. The maximum atomic E-state index is 12.2. The summed E-state index contributed by atoms with van der Waals surface area (Å²) in [7, 11) is 1.70. The van der Waals surface area contributed by atoms with Crippen LogP contribution in [0.3, 0.4) is 0 Å². The van der Waals surface area contributed by atoms with Crippen molar-refractivity contribution in [2.45, 2.75) is 32.2 Å². The lowest BCUT2D eigenvalue weighted by Crippen LogP contribution is -2.41. The third kappa shape index (κ3) is 3.56. The number of H-pyrrole nitrogens is 1. The van der Waals surface area contributed by atoms with Gasteiger partial charge in [-0.15, -0.1) is 0 Å². The average Bonchev–Trinajstić information content (AvgIpc) is 3.01. The number of hydrogen-bond acceptors (Lipinski definition) is 3. The molecule has 3 N–H and O–H groups in total. The molecule has 0 fully saturated rings. The molecule has 3 amide bonds. The molecule has 0 saturated heterocycles. The summed E-state index contributed by atoms with van der Waals surface area (Å²) >= 11 is 0. The molecular formula is C17H21N5O2. The number of aromatic amines is 1. The molecule has 1 atom stereocenters. The van der Waals surface area contributed by atoms with Crippen LogP contribution in [-0.2, 0) is 17.6 Å². The van der Waals surface area contributed by atoms with E-state index in [0.29, 0.717) is 5.69 Å². The number of anilines is 2. The number of aryl methyl sites for hydroxylation is 1. The van der Waals surface area contributed by atoms with Crippen molar-refractivity contribution in [2.75, 3.05) is 17.3 Å². The Hall–Kier alpha value is -2.83. The first kappa shape index (κ1) is 16.0. The molecule has 0 saturated carbocycles. The number of fused-ring (bicyclic) bond motifs is 1. The highest BCUT2D eigenvalue weighted by Crippen LogP contribution is 2.20. The molecule has 0 spiro atoms. The number of nitrogens with one attached hydrogen (secondary N) is 3. The molecule has 24 heavy (non-hydrogen) atoms. The summed E-state index contributed by atoms with van der Waals surface area (Å²) in [4.78, 5) is 25.2. The molecule has 2 aromatic rings. The Morgan fingerprint density at radius 1 is 1.38 bits per heavy atom. The minimum atomic E-state index is -0.241. The summed E-state index contributed by atoms with van der Waals surface area (Å²) in [5, 5.41) is 12.9. The second-order valence-electron chi connectivity index (χ2n) is 6.04. The standard InChI is InChI=1S/C17H21N5O2/c1-11(23)22(2)15-5-3-4-13(9-15)19-17(24)20-14-6-7-16-12(8-14)10-18-21-16/h3-5,9-10,14H,6-8H2,1-2H3,(H,18,21)(H2,19,20,24). The van der Waals surface area contributed by atoms with Crippen LogP contribution in [0.25, 0.3) is 0 Å². The van der Waals surface area contributed by atoms with Crippen LogP contribution in [0.1, 0.15) is 24.6 Å². The van der Waals surface area contributed by atoms with Gasteiger partial charge in [0.15, 0.2) is 0 Å². The molecule has 0 bridgehead atoms. The van der Waals surface area contributed by atoms with Crippen molar-refractivity contribution in [3.05, 3.63) is 41.7 Å². The van der Waals surface area contributed by atoms with E-state index < -0.39 is 0 Å². The second-order valence-corrected chi connectivity index (χ2v) is 6.04. The molecule has 3 rings (SSSR count). The van der Waals surface area contributed by atoms with Crippen molar-refractivity contribution < 1.29 is 9.59 Å². The Balaban J connectivity index is 1.59. The van der Waals surface area contributed by atoms with Gasteiger partial charge in [0.1, 0.15) is 0 Å². The Bertz CT molecular complexity index is 755. The smallest absolute Gasteiger partial charge is 0.319 e. The number of carbonyl (C=O) groups is 2. The van der Waals surface area contributed by atoms with Gasteiger partial charge in [-0.1, -0.05) is 6.07 Å². The molecule has 0 radical (unpaired) electrons. The molecule has 7 nitrogen and oxygen atoms in total. The molecule has 1 heterocycles. The highest BCUT2D eigenvalue weighted by Gasteiger charge is 2.21. The predicted octanol–water partition coefficient (Wildman–Crippen LogP) is 2.07. The summed E-state index contributed by atoms with van der Waals surface area (Å²) in [6.07, 6.45) is 4.38. The first-order valence-corrected chi connectivity index (χ1v) is 7.96. The normalized spacial score (nSPS) is 16.2. The first-order chi connectivity index (χ1) is 11.5. The second kappa shape index (κ2) is 6.74. The lowest BCUT2D eigenvalue weighted by molar-refractivity contribution is -0.116. The van der Waals surface area contributed by atoms with Crippen molar-refractivity contribution in [3.63, 3.8) is 0 Å². The lowest BCUT2D eigenvalue weighted by Gasteiger charge is -2.23. The van der Waals surface area contributed by atoms with Crippen LogP contribution >= 0.6 is 0 Å². The number of nitrogens with zero attached hydrogens (tertiary/aromatic N) is 2. The van der Waals surface area contributed by atoms with Crippen LogP contribution in [0.4, 0.5) is 16.2 Å². The molecule has 7 heteroatoms. The van der Waals surface area contributed by atoms with Crippen LogP contribution in [0.2, 0.25) is 0 Å². The topological polar surface area (TPSA) is 90.1 Å². The summed E-state index contributed by atoms with van der Waals surface area (Å²) < 4.78 is 0. The van der Waals surface area contributed by atoms with Crippen molar-refractivity contribution >= 4 is 23.3 Å². The Morgan fingerprint density at radius 3 is 3.00 bits per heavy atom. The van der Waals surface area contributed by atoms with E-state index >= 15 is 0 Å². The Labute approximate surface area is 140 Å². The van der Waals surface area contributed by atoms with Crippen molar-refractivity contribution in [3.8, 4) is 0 Å². The van der Waals surface area contributed by atoms with E-state index in [1.54, 1.807) is 19.2 Å². The van der Waals surface area contributed by atoms with Gasteiger partial charge >= 0.3 is 6.03 Å². The SMILES string of the molecule is CC(=O)N(C)c1cccc(NC(=O)NC2CCc3[nH]ncc3C2)c1. The van der Waals surface area contributed by atoms with E-state index in [1.165, 1.54) is 11.8 Å². The molecule has 1 unspecified atom stereocenters. The van der Waals surface area contributed by atoms with Gasteiger partial charge in [0.05, 0.1) is 6.20 Å². The fraction of sp³-hybridized carbons (Fsp3) is 0.353.